The Bertz CT molecular complexity index is 1360. The fourth-order valence-electron chi connectivity index (χ4n) is 5.39. The van der Waals surface area contributed by atoms with E-state index in [4.69, 9.17) is 9.72 Å². The molecule has 0 unspecified atom stereocenters. The van der Waals surface area contributed by atoms with Crippen LogP contribution in [-0.4, -0.2) is 52.7 Å². The van der Waals surface area contributed by atoms with E-state index in [-0.39, 0.29) is 22.0 Å². The Kier molecular flexibility index (Phi) is 5.31. The average Bonchev–Trinajstić information content (AvgIpc) is 3.31. The number of pyridine rings is 1. The molecule has 6 rings (SSSR count). The number of sulfone groups is 1. The van der Waals surface area contributed by atoms with Crippen LogP contribution >= 0.6 is 0 Å². The largest absolute Gasteiger partial charge is 0.469 e. The third kappa shape index (κ3) is 3.70. The number of methoxy groups -OCH3 is 1. The van der Waals surface area contributed by atoms with Crippen molar-refractivity contribution in [3.05, 3.63) is 42.0 Å². The summed E-state index contributed by atoms with van der Waals surface area (Å²) in [5.74, 6) is 0.721. The molecule has 1 N–H and O–H groups in total. The smallest absolute Gasteiger partial charge is 0.311 e. The molecule has 3 fully saturated rings. The van der Waals surface area contributed by atoms with Gasteiger partial charge in [-0.05, 0) is 63.6 Å². The lowest BCUT2D eigenvalue weighted by Gasteiger charge is -2.50. The van der Waals surface area contributed by atoms with Gasteiger partial charge in [0.1, 0.15) is 11.5 Å². The predicted molar refractivity (Wildman–Crippen MR) is 125 cm³/mol. The molecule has 3 aliphatic rings. The molecule has 3 aromatic rings. The van der Waals surface area contributed by atoms with Crippen LogP contribution in [0.1, 0.15) is 50.0 Å². The van der Waals surface area contributed by atoms with Crippen LogP contribution in [0.3, 0.4) is 0 Å². The van der Waals surface area contributed by atoms with Gasteiger partial charge < -0.3 is 9.72 Å². The predicted octanol–water partition coefficient (Wildman–Crippen LogP) is 3.41. The zero-order valence-corrected chi connectivity index (χ0v) is 20.3. The molecule has 0 aromatic carbocycles. The van der Waals surface area contributed by atoms with E-state index in [0.29, 0.717) is 22.8 Å². The fourth-order valence-corrected chi connectivity index (χ4v) is 5.91. The number of ether oxygens (including phenoxy) is 1. The van der Waals surface area contributed by atoms with Crippen molar-refractivity contribution in [1.82, 2.24) is 24.9 Å². The number of aromatic nitrogens is 5. The van der Waals surface area contributed by atoms with E-state index in [1.807, 2.05) is 25.1 Å². The van der Waals surface area contributed by atoms with Gasteiger partial charge in [0.25, 0.3) is 0 Å². The molecule has 0 atom stereocenters. The molecule has 2 bridgehead atoms. The van der Waals surface area contributed by atoms with Gasteiger partial charge in [-0.15, -0.1) is 0 Å². The average molecular weight is 482 g/mol. The summed E-state index contributed by atoms with van der Waals surface area (Å²) in [6.07, 6.45) is 7.30. The highest BCUT2D eigenvalue weighted by molar-refractivity contribution is 7.90. The molecule has 34 heavy (non-hydrogen) atoms. The zero-order chi connectivity index (χ0) is 24.1. The Morgan fingerprint density at radius 3 is 2.32 bits per heavy atom. The monoisotopic (exact) mass is 481 g/mol. The first-order chi connectivity index (χ1) is 16.2. The van der Waals surface area contributed by atoms with Gasteiger partial charge in [0, 0.05) is 23.6 Å². The normalized spacial score (nSPS) is 24.2. The van der Waals surface area contributed by atoms with Crippen molar-refractivity contribution < 1.29 is 17.9 Å². The van der Waals surface area contributed by atoms with Crippen LogP contribution < -0.4 is 0 Å². The molecule has 0 spiro atoms. The van der Waals surface area contributed by atoms with E-state index in [1.165, 1.54) is 13.3 Å². The summed E-state index contributed by atoms with van der Waals surface area (Å²) in [5.41, 5.74) is 2.65. The van der Waals surface area contributed by atoms with Gasteiger partial charge in [-0.2, -0.15) is 0 Å². The van der Waals surface area contributed by atoms with Gasteiger partial charge in [0.05, 0.1) is 29.6 Å². The number of esters is 1. The molecule has 9 nitrogen and oxygen atoms in total. The van der Waals surface area contributed by atoms with Crippen LogP contribution in [0.4, 0.5) is 0 Å². The number of aromatic amines is 1. The van der Waals surface area contributed by atoms with Crippen molar-refractivity contribution in [2.45, 2.75) is 56.0 Å². The number of nitrogens with zero attached hydrogens (tertiary/aromatic N) is 4. The number of imidazole rings is 1. The molecule has 0 aliphatic heterocycles. The topological polar surface area (TPSA) is 128 Å². The van der Waals surface area contributed by atoms with Gasteiger partial charge in [0.15, 0.2) is 0 Å². The van der Waals surface area contributed by atoms with Crippen LogP contribution in [0.15, 0.2) is 35.6 Å². The third-order valence-electron chi connectivity index (χ3n) is 7.42. The summed E-state index contributed by atoms with van der Waals surface area (Å²) in [6.45, 7) is 1.91. The first-order valence-electron chi connectivity index (χ1n) is 11.3. The van der Waals surface area contributed by atoms with Crippen LogP contribution in [0, 0.1) is 12.3 Å². The van der Waals surface area contributed by atoms with Crippen LogP contribution in [-0.2, 0) is 24.8 Å². The molecule has 0 saturated heterocycles. The van der Waals surface area contributed by atoms with Gasteiger partial charge in [-0.25, -0.2) is 23.4 Å². The third-order valence-corrected chi connectivity index (χ3v) is 8.28. The highest BCUT2D eigenvalue weighted by Gasteiger charge is 2.55. The van der Waals surface area contributed by atoms with Gasteiger partial charge in [-0.1, -0.05) is 6.07 Å². The molecule has 178 valence electrons. The van der Waals surface area contributed by atoms with Gasteiger partial charge in [-0.3, -0.25) is 9.78 Å². The minimum Gasteiger partial charge on any atom is -0.469 e. The minimum atomic E-state index is -3.58. The molecule has 3 saturated carbocycles. The van der Waals surface area contributed by atoms with Crippen molar-refractivity contribution in [2.75, 3.05) is 13.4 Å². The Morgan fingerprint density at radius 2 is 1.71 bits per heavy atom. The lowest BCUT2D eigenvalue weighted by atomic mass is 9.53. The summed E-state index contributed by atoms with van der Waals surface area (Å²) in [5, 5.41) is -0.236. The van der Waals surface area contributed by atoms with E-state index in [9.17, 15) is 13.2 Å². The lowest BCUT2D eigenvalue weighted by Crippen LogP contribution is -2.48. The van der Waals surface area contributed by atoms with E-state index in [1.54, 1.807) is 6.07 Å². The second kappa shape index (κ2) is 7.97. The number of rotatable bonds is 5. The summed E-state index contributed by atoms with van der Waals surface area (Å²) in [6, 6.07) is 7.39. The highest BCUT2D eigenvalue weighted by atomic mass is 32.2. The van der Waals surface area contributed by atoms with Crippen molar-refractivity contribution in [3.8, 4) is 22.8 Å². The molecular formula is C24H27N5O4S. The quantitative estimate of drug-likeness (QED) is 0.434. The molecule has 3 aliphatic carbocycles. The maximum absolute atomic E-state index is 12.4. The number of nitrogens with one attached hydrogen (secondary N) is 1. The fraction of sp³-hybridized carbons (Fsp3) is 0.458. The second-order valence-corrected chi connectivity index (χ2v) is 11.4. The summed E-state index contributed by atoms with van der Waals surface area (Å²) in [7, 11) is -2.12. The van der Waals surface area contributed by atoms with E-state index in [2.05, 4.69) is 19.9 Å². The van der Waals surface area contributed by atoms with Crippen LogP contribution in [0.25, 0.3) is 22.8 Å². The molecule has 3 heterocycles. The Labute approximate surface area is 198 Å². The van der Waals surface area contributed by atoms with Crippen molar-refractivity contribution >= 4 is 15.8 Å². The maximum atomic E-state index is 12.4. The first-order valence-corrected chi connectivity index (χ1v) is 13.2. The summed E-state index contributed by atoms with van der Waals surface area (Å²) >= 11 is 0. The number of carbonyl (C=O) groups excluding carboxylic acids is 1. The molecular weight excluding hydrogens is 454 g/mol. The van der Waals surface area contributed by atoms with Crippen molar-refractivity contribution in [1.29, 1.82) is 0 Å². The molecule has 0 radical (unpaired) electrons. The second-order valence-electron chi connectivity index (χ2n) is 9.52. The Hall–Kier alpha value is -3.14. The number of aryl methyl sites for hydroxylation is 1. The zero-order valence-electron chi connectivity index (χ0n) is 19.5. The number of hydrogen-bond donors (Lipinski definition) is 1. The Morgan fingerprint density at radius 1 is 1.00 bits per heavy atom. The number of hydrogen-bond acceptors (Lipinski definition) is 8. The van der Waals surface area contributed by atoms with Gasteiger partial charge >= 0.3 is 5.97 Å². The number of fused-ring (bicyclic) bond motifs is 3. The van der Waals surface area contributed by atoms with Gasteiger partial charge in [0.2, 0.25) is 15.0 Å². The number of carbonyl (C=O) groups is 1. The van der Waals surface area contributed by atoms with E-state index in [0.717, 1.165) is 56.3 Å². The standard InChI is InChI=1S/C24H27N5O4S/c1-15-5-4-6-16(26-15)18-19(17-7-14-25-22(27-17)34(3,31)32)29-20(28-18)23-8-11-24(12-9-23,13-10-23)21(30)33-2/h4-7,14H,8-13H2,1-3H3,(H,28,29). The SMILES string of the molecule is COC(=O)C12CCC(c3nc(-c4cccc(C)n4)c(-c4ccnc(S(C)(=O)=O)n4)[nH]3)(CC1)CC2. The van der Waals surface area contributed by atoms with Crippen LogP contribution in [0.2, 0.25) is 0 Å². The van der Waals surface area contributed by atoms with Crippen LogP contribution in [0.5, 0.6) is 0 Å². The molecule has 10 heteroatoms. The first kappa shape index (κ1) is 22.6. The summed E-state index contributed by atoms with van der Waals surface area (Å²) in [4.78, 5) is 33.9. The number of H-pyrrole nitrogens is 1. The summed E-state index contributed by atoms with van der Waals surface area (Å²) < 4.78 is 29.3. The van der Waals surface area contributed by atoms with E-state index < -0.39 is 9.84 Å². The molecule has 3 aromatic heterocycles. The lowest BCUT2D eigenvalue weighted by molar-refractivity contribution is -0.160. The van der Waals surface area contributed by atoms with Crippen molar-refractivity contribution in [3.63, 3.8) is 0 Å². The van der Waals surface area contributed by atoms with E-state index >= 15 is 0 Å². The molecule has 0 amide bonds. The highest BCUT2D eigenvalue weighted by Crippen LogP contribution is 2.58. The Balaban J connectivity index is 1.61. The van der Waals surface area contributed by atoms with Crippen molar-refractivity contribution in [2.24, 2.45) is 5.41 Å². The minimum absolute atomic E-state index is 0.111. The maximum Gasteiger partial charge on any atom is 0.311 e.